The van der Waals surface area contributed by atoms with Crippen LogP contribution in [0.2, 0.25) is 0 Å². The molecule has 0 radical (unpaired) electrons. The van der Waals surface area contributed by atoms with Crippen molar-refractivity contribution in [3.8, 4) is 28.0 Å². The van der Waals surface area contributed by atoms with Crippen LogP contribution in [0.4, 0.5) is 5.69 Å². The fraction of sp³-hybridized carbons (Fsp3) is 0.133. The third kappa shape index (κ3) is 5.58. The lowest BCUT2D eigenvalue weighted by atomic mass is 9.91. The van der Waals surface area contributed by atoms with Crippen LogP contribution in [0.15, 0.2) is 97.1 Å². The van der Waals surface area contributed by atoms with Crippen LogP contribution >= 0.6 is 0 Å². The molecule has 0 heterocycles. The van der Waals surface area contributed by atoms with Crippen molar-refractivity contribution in [2.24, 2.45) is 5.92 Å². The molecule has 0 aromatic heterocycles. The molecule has 35 heavy (non-hydrogen) atoms. The number of carboxylic acids is 1. The van der Waals surface area contributed by atoms with Gasteiger partial charge in [0.2, 0.25) is 5.91 Å². The van der Waals surface area contributed by atoms with Crippen LogP contribution in [0.1, 0.15) is 29.8 Å². The third-order valence-corrected chi connectivity index (χ3v) is 5.67. The molecule has 0 unspecified atom stereocenters. The van der Waals surface area contributed by atoms with Crippen LogP contribution in [0.25, 0.3) is 22.3 Å². The molecule has 4 aromatic rings. The van der Waals surface area contributed by atoms with Crippen molar-refractivity contribution >= 4 is 17.6 Å². The van der Waals surface area contributed by atoms with Gasteiger partial charge in [0.05, 0.1) is 5.56 Å². The van der Waals surface area contributed by atoms with E-state index in [1.807, 2.05) is 78.9 Å². The average Bonchev–Trinajstić information content (AvgIpc) is 2.88. The van der Waals surface area contributed by atoms with E-state index in [2.05, 4.69) is 5.32 Å². The Morgan fingerprint density at radius 1 is 0.771 bits per heavy atom. The van der Waals surface area contributed by atoms with Gasteiger partial charge in [0.15, 0.2) is 0 Å². The van der Waals surface area contributed by atoms with Gasteiger partial charge in [-0.2, -0.15) is 0 Å². The summed E-state index contributed by atoms with van der Waals surface area (Å²) >= 11 is 0. The predicted octanol–water partition coefficient (Wildman–Crippen LogP) is 6.89. The summed E-state index contributed by atoms with van der Waals surface area (Å²) in [6.45, 7) is 4.00. The summed E-state index contributed by atoms with van der Waals surface area (Å²) in [7, 11) is 0. The molecular formula is C30H27NO4. The molecule has 0 saturated heterocycles. The molecule has 1 amide bonds. The smallest absolute Gasteiger partial charge is 0.336 e. The first-order valence-electron chi connectivity index (χ1n) is 11.5. The first-order valence-corrected chi connectivity index (χ1v) is 11.5. The molecular weight excluding hydrogens is 438 g/mol. The standard InChI is InChI=1S/C30H27NO4/c1-20(2)29(32)31-22-16-17-25(27(18-22)30(33)34)23-12-6-7-13-24(23)26-14-8-9-15-28(26)35-19-21-10-4-3-5-11-21/h3-18,20H,19H2,1-2H3,(H,31,32)(H,33,34). The molecule has 2 N–H and O–H groups in total. The number of benzene rings is 4. The number of carbonyl (C=O) groups is 2. The second-order valence-electron chi connectivity index (χ2n) is 8.53. The Bertz CT molecular complexity index is 1350. The fourth-order valence-corrected chi connectivity index (χ4v) is 3.82. The minimum Gasteiger partial charge on any atom is -0.488 e. The maximum absolute atomic E-state index is 12.2. The SMILES string of the molecule is CC(C)C(=O)Nc1ccc(-c2ccccc2-c2ccccc2OCc2ccccc2)c(C(=O)O)c1. The molecule has 4 aromatic carbocycles. The average molecular weight is 466 g/mol. The number of nitrogens with one attached hydrogen (secondary N) is 1. The van der Waals surface area contributed by atoms with Crippen LogP contribution in [-0.2, 0) is 11.4 Å². The Labute approximate surface area is 205 Å². The number of ether oxygens (including phenoxy) is 1. The van der Waals surface area contributed by atoms with Crippen molar-refractivity contribution < 1.29 is 19.4 Å². The molecule has 176 valence electrons. The molecule has 0 bridgehead atoms. The number of carboxylic acid groups (broad SMARTS) is 1. The lowest BCUT2D eigenvalue weighted by Gasteiger charge is -2.17. The number of amides is 1. The van der Waals surface area contributed by atoms with Gasteiger partial charge in [-0.05, 0) is 40.5 Å². The van der Waals surface area contributed by atoms with Crippen molar-refractivity contribution in [3.05, 3.63) is 108 Å². The number of para-hydroxylation sites is 1. The van der Waals surface area contributed by atoms with Gasteiger partial charge < -0.3 is 15.2 Å². The van der Waals surface area contributed by atoms with Crippen LogP contribution in [-0.4, -0.2) is 17.0 Å². The number of rotatable bonds is 8. The largest absolute Gasteiger partial charge is 0.488 e. The van der Waals surface area contributed by atoms with E-state index in [0.717, 1.165) is 22.3 Å². The maximum Gasteiger partial charge on any atom is 0.336 e. The highest BCUT2D eigenvalue weighted by atomic mass is 16.5. The molecule has 0 spiro atoms. The second kappa shape index (κ2) is 10.7. The Balaban J connectivity index is 1.74. The molecule has 0 aliphatic carbocycles. The first-order chi connectivity index (χ1) is 16.9. The highest BCUT2D eigenvalue weighted by Gasteiger charge is 2.19. The van der Waals surface area contributed by atoms with E-state index in [4.69, 9.17) is 4.74 Å². The van der Waals surface area contributed by atoms with Crippen molar-refractivity contribution in [1.29, 1.82) is 0 Å². The summed E-state index contributed by atoms with van der Waals surface area (Å²) in [5, 5.41) is 12.8. The van der Waals surface area contributed by atoms with Gasteiger partial charge in [0.1, 0.15) is 12.4 Å². The normalized spacial score (nSPS) is 10.7. The molecule has 0 saturated carbocycles. The first kappa shape index (κ1) is 23.8. The van der Waals surface area contributed by atoms with Crippen LogP contribution in [0.3, 0.4) is 0 Å². The van der Waals surface area contributed by atoms with E-state index >= 15 is 0 Å². The van der Waals surface area contributed by atoms with Crippen molar-refractivity contribution in [2.45, 2.75) is 20.5 Å². The van der Waals surface area contributed by atoms with Crippen molar-refractivity contribution in [3.63, 3.8) is 0 Å². The Hall–Kier alpha value is -4.38. The van der Waals surface area contributed by atoms with E-state index < -0.39 is 5.97 Å². The number of anilines is 1. The summed E-state index contributed by atoms with van der Waals surface area (Å²) in [5.74, 6) is -0.736. The van der Waals surface area contributed by atoms with Crippen LogP contribution < -0.4 is 10.1 Å². The maximum atomic E-state index is 12.2. The zero-order valence-electron chi connectivity index (χ0n) is 19.7. The summed E-state index contributed by atoms with van der Waals surface area (Å²) in [4.78, 5) is 24.3. The topological polar surface area (TPSA) is 75.6 Å². The van der Waals surface area contributed by atoms with Gasteiger partial charge in [-0.25, -0.2) is 4.79 Å². The van der Waals surface area contributed by atoms with Crippen molar-refractivity contribution in [1.82, 2.24) is 0 Å². The lowest BCUT2D eigenvalue weighted by Crippen LogP contribution is -2.18. The quantitative estimate of drug-likeness (QED) is 0.297. The Kier molecular flexibility index (Phi) is 7.27. The minimum absolute atomic E-state index is 0.113. The fourth-order valence-electron chi connectivity index (χ4n) is 3.82. The van der Waals surface area contributed by atoms with E-state index in [1.54, 1.807) is 26.0 Å². The predicted molar refractivity (Wildman–Crippen MR) is 139 cm³/mol. The Morgan fingerprint density at radius 3 is 2.03 bits per heavy atom. The minimum atomic E-state index is -1.07. The zero-order valence-corrected chi connectivity index (χ0v) is 19.7. The summed E-state index contributed by atoms with van der Waals surface area (Å²) in [6, 6.07) is 30.3. The van der Waals surface area contributed by atoms with E-state index in [1.165, 1.54) is 6.07 Å². The summed E-state index contributed by atoms with van der Waals surface area (Å²) < 4.78 is 6.17. The van der Waals surface area contributed by atoms with Gasteiger partial charge in [-0.3, -0.25) is 4.79 Å². The summed E-state index contributed by atoms with van der Waals surface area (Å²) in [6.07, 6.45) is 0. The third-order valence-electron chi connectivity index (χ3n) is 5.67. The molecule has 0 fully saturated rings. The number of aromatic carboxylic acids is 1. The number of hydrogen-bond donors (Lipinski definition) is 2. The molecule has 5 heteroatoms. The summed E-state index contributed by atoms with van der Waals surface area (Å²) in [5.41, 5.74) is 4.68. The van der Waals surface area contributed by atoms with E-state index in [0.29, 0.717) is 23.6 Å². The zero-order chi connectivity index (χ0) is 24.8. The molecule has 4 rings (SSSR count). The Morgan fingerprint density at radius 2 is 1.37 bits per heavy atom. The van der Waals surface area contributed by atoms with Gasteiger partial charge in [0, 0.05) is 17.2 Å². The van der Waals surface area contributed by atoms with Gasteiger partial charge in [-0.15, -0.1) is 0 Å². The van der Waals surface area contributed by atoms with Crippen LogP contribution in [0, 0.1) is 5.92 Å². The molecule has 0 atom stereocenters. The van der Waals surface area contributed by atoms with Gasteiger partial charge in [-0.1, -0.05) is 92.7 Å². The van der Waals surface area contributed by atoms with Crippen LogP contribution in [0.5, 0.6) is 5.75 Å². The van der Waals surface area contributed by atoms with E-state index in [-0.39, 0.29) is 17.4 Å². The molecule has 0 aliphatic heterocycles. The highest BCUT2D eigenvalue weighted by Crippen LogP contribution is 2.39. The number of hydrogen-bond acceptors (Lipinski definition) is 3. The van der Waals surface area contributed by atoms with Gasteiger partial charge in [0.25, 0.3) is 0 Å². The lowest BCUT2D eigenvalue weighted by molar-refractivity contribution is -0.118. The van der Waals surface area contributed by atoms with E-state index in [9.17, 15) is 14.7 Å². The van der Waals surface area contributed by atoms with Crippen molar-refractivity contribution in [2.75, 3.05) is 5.32 Å². The highest BCUT2D eigenvalue weighted by molar-refractivity contribution is 6.01. The molecule has 5 nitrogen and oxygen atoms in total. The second-order valence-corrected chi connectivity index (χ2v) is 8.53. The monoisotopic (exact) mass is 465 g/mol. The molecule has 0 aliphatic rings. The number of carbonyl (C=O) groups excluding carboxylic acids is 1. The van der Waals surface area contributed by atoms with Gasteiger partial charge >= 0.3 is 5.97 Å².